The molecule has 0 aromatic carbocycles. The number of nitrogens with one attached hydrogen (secondary N) is 1. The van der Waals surface area contributed by atoms with Gasteiger partial charge in [0.25, 0.3) is 0 Å². The highest BCUT2D eigenvalue weighted by Crippen LogP contribution is 2.31. The number of aromatic nitrogens is 1. The van der Waals surface area contributed by atoms with Crippen molar-refractivity contribution in [2.45, 2.75) is 25.6 Å². The van der Waals surface area contributed by atoms with E-state index in [9.17, 15) is 13.2 Å². The van der Waals surface area contributed by atoms with Crippen LogP contribution in [0.25, 0.3) is 0 Å². The van der Waals surface area contributed by atoms with Crippen LogP contribution < -0.4 is 10.2 Å². The Labute approximate surface area is 115 Å². The fourth-order valence-electron chi connectivity index (χ4n) is 2.40. The van der Waals surface area contributed by atoms with Crippen LogP contribution in [-0.2, 0) is 6.18 Å². The molecule has 1 aromatic rings. The van der Waals surface area contributed by atoms with E-state index in [1.807, 2.05) is 13.0 Å². The quantitative estimate of drug-likeness (QED) is 0.924. The van der Waals surface area contributed by atoms with Gasteiger partial charge in [0.15, 0.2) is 0 Å². The molecule has 0 amide bonds. The highest BCUT2D eigenvalue weighted by Gasteiger charge is 2.34. The number of pyridine rings is 1. The molecule has 0 saturated carbocycles. The minimum atomic E-state index is -4.50. The number of alkyl halides is 3. The van der Waals surface area contributed by atoms with Gasteiger partial charge in [0.1, 0.15) is 17.6 Å². The second-order valence-corrected chi connectivity index (χ2v) is 4.61. The zero-order chi connectivity index (χ0) is 14.8. The molecule has 20 heavy (non-hydrogen) atoms. The Hall–Kier alpha value is -1.81. The van der Waals surface area contributed by atoms with Crippen LogP contribution in [0.5, 0.6) is 0 Å². The lowest BCUT2D eigenvalue weighted by molar-refractivity contribution is -0.141. The Morgan fingerprint density at radius 1 is 1.50 bits per heavy atom. The number of nitrogens with zero attached hydrogens (tertiary/aromatic N) is 3. The molecule has 1 aliphatic rings. The van der Waals surface area contributed by atoms with E-state index in [2.05, 4.69) is 10.3 Å². The first-order valence-electron chi connectivity index (χ1n) is 6.43. The minimum absolute atomic E-state index is 0.0723. The summed E-state index contributed by atoms with van der Waals surface area (Å²) in [5.74, 6) is 0.124. The summed E-state index contributed by atoms with van der Waals surface area (Å²) in [5.41, 5.74) is -0.789. The molecule has 1 aromatic heterocycles. The summed E-state index contributed by atoms with van der Waals surface area (Å²) in [5, 5.41) is 12.3. The van der Waals surface area contributed by atoms with Gasteiger partial charge in [-0.15, -0.1) is 0 Å². The molecule has 0 aliphatic carbocycles. The third kappa shape index (κ3) is 2.85. The molecule has 0 radical (unpaired) electrons. The lowest BCUT2D eigenvalue weighted by atomic mass is 10.1. The fraction of sp³-hybridized carbons (Fsp3) is 0.538. The predicted octanol–water partition coefficient (Wildman–Crippen LogP) is 2.16. The van der Waals surface area contributed by atoms with Crippen LogP contribution >= 0.6 is 0 Å². The molecule has 1 fully saturated rings. The van der Waals surface area contributed by atoms with E-state index in [1.54, 1.807) is 4.90 Å². The van der Waals surface area contributed by atoms with E-state index < -0.39 is 11.9 Å². The first-order valence-corrected chi connectivity index (χ1v) is 6.43. The van der Waals surface area contributed by atoms with Gasteiger partial charge in [0.05, 0.1) is 5.56 Å². The summed E-state index contributed by atoms with van der Waals surface area (Å²) in [6.07, 6.45) is -3.67. The van der Waals surface area contributed by atoms with Gasteiger partial charge in [-0.2, -0.15) is 18.4 Å². The number of hydrogen-bond acceptors (Lipinski definition) is 4. The fourth-order valence-corrected chi connectivity index (χ4v) is 2.40. The first-order chi connectivity index (χ1) is 9.47. The summed E-state index contributed by atoms with van der Waals surface area (Å²) in [7, 11) is 0. The molecule has 1 unspecified atom stereocenters. The number of anilines is 1. The van der Waals surface area contributed by atoms with Crippen molar-refractivity contribution in [3.8, 4) is 6.07 Å². The van der Waals surface area contributed by atoms with E-state index in [-0.39, 0.29) is 17.4 Å². The Balaban J connectivity index is 2.43. The summed E-state index contributed by atoms with van der Waals surface area (Å²) < 4.78 is 38.3. The van der Waals surface area contributed by atoms with Crippen molar-refractivity contribution in [2.24, 2.45) is 0 Å². The van der Waals surface area contributed by atoms with Crippen LogP contribution in [0.1, 0.15) is 24.6 Å². The molecule has 4 nitrogen and oxygen atoms in total. The molecule has 1 saturated heterocycles. The molecular weight excluding hydrogens is 269 g/mol. The van der Waals surface area contributed by atoms with E-state index in [1.165, 1.54) is 6.07 Å². The van der Waals surface area contributed by atoms with Crippen molar-refractivity contribution in [1.82, 2.24) is 10.3 Å². The van der Waals surface area contributed by atoms with E-state index in [4.69, 9.17) is 5.26 Å². The molecule has 2 heterocycles. The number of rotatable bonds is 3. The average molecular weight is 284 g/mol. The van der Waals surface area contributed by atoms with Gasteiger partial charge >= 0.3 is 6.18 Å². The Kier molecular flexibility index (Phi) is 4.14. The molecule has 2 rings (SSSR count). The molecule has 1 aliphatic heterocycles. The standard InChI is InChI=1S/C13H15F3N4/c1-2-20(10-5-6-18-8-10)12-9(7-17)3-4-11(19-12)13(14,15)16/h3-4,10,18H,2,5-6,8H2,1H3. The number of likely N-dealkylation sites (N-methyl/N-ethyl adjacent to an activating group) is 1. The van der Waals surface area contributed by atoms with Gasteiger partial charge in [-0.1, -0.05) is 0 Å². The van der Waals surface area contributed by atoms with Gasteiger partial charge < -0.3 is 10.2 Å². The highest BCUT2D eigenvalue weighted by molar-refractivity contribution is 5.55. The maximum atomic E-state index is 12.8. The second kappa shape index (κ2) is 5.67. The van der Waals surface area contributed by atoms with Gasteiger partial charge in [-0.05, 0) is 32.0 Å². The zero-order valence-corrected chi connectivity index (χ0v) is 11.0. The number of hydrogen-bond donors (Lipinski definition) is 1. The molecule has 0 bridgehead atoms. The maximum Gasteiger partial charge on any atom is 0.433 e. The Morgan fingerprint density at radius 2 is 2.25 bits per heavy atom. The van der Waals surface area contributed by atoms with Crippen LogP contribution in [-0.4, -0.2) is 30.7 Å². The van der Waals surface area contributed by atoms with Crippen LogP contribution in [0.3, 0.4) is 0 Å². The largest absolute Gasteiger partial charge is 0.433 e. The van der Waals surface area contributed by atoms with Gasteiger partial charge in [0, 0.05) is 19.1 Å². The highest BCUT2D eigenvalue weighted by atomic mass is 19.4. The smallest absolute Gasteiger partial charge is 0.351 e. The molecule has 1 N–H and O–H groups in total. The third-order valence-corrected chi connectivity index (χ3v) is 3.37. The van der Waals surface area contributed by atoms with Crippen molar-refractivity contribution in [2.75, 3.05) is 24.5 Å². The van der Waals surface area contributed by atoms with Crippen LogP contribution in [0, 0.1) is 11.3 Å². The van der Waals surface area contributed by atoms with Crippen molar-refractivity contribution < 1.29 is 13.2 Å². The van der Waals surface area contributed by atoms with Crippen LogP contribution in [0.4, 0.5) is 19.0 Å². The Bertz CT molecular complexity index is 515. The van der Waals surface area contributed by atoms with Gasteiger partial charge in [-0.25, -0.2) is 4.98 Å². The average Bonchev–Trinajstić information content (AvgIpc) is 2.92. The minimum Gasteiger partial charge on any atom is -0.351 e. The summed E-state index contributed by atoms with van der Waals surface area (Å²) >= 11 is 0. The molecule has 108 valence electrons. The van der Waals surface area contributed by atoms with Crippen molar-refractivity contribution in [3.05, 3.63) is 23.4 Å². The lowest BCUT2D eigenvalue weighted by Gasteiger charge is -2.29. The normalized spacial score (nSPS) is 18.9. The number of nitriles is 1. The monoisotopic (exact) mass is 284 g/mol. The number of halogens is 3. The van der Waals surface area contributed by atoms with E-state index in [0.717, 1.165) is 19.0 Å². The summed E-state index contributed by atoms with van der Waals surface area (Å²) in [4.78, 5) is 5.45. The predicted molar refractivity (Wildman–Crippen MR) is 68.2 cm³/mol. The van der Waals surface area contributed by atoms with Gasteiger partial charge in [-0.3, -0.25) is 0 Å². The molecular formula is C13H15F3N4. The third-order valence-electron chi connectivity index (χ3n) is 3.37. The summed E-state index contributed by atoms with van der Waals surface area (Å²) in [6.45, 7) is 3.87. The summed E-state index contributed by atoms with van der Waals surface area (Å²) in [6, 6.07) is 4.03. The molecule has 0 spiro atoms. The molecule has 1 atom stereocenters. The lowest BCUT2D eigenvalue weighted by Crippen LogP contribution is -2.38. The molecule has 7 heteroatoms. The van der Waals surface area contributed by atoms with Crippen LogP contribution in [0.2, 0.25) is 0 Å². The van der Waals surface area contributed by atoms with Crippen molar-refractivity contribution >= 4 is 5.82 Å². The maximum absolute atomic E-state index is 12.8. The zero-order valence-electron chi connectivity index (χ0n) is 11.0. The topological polar surface area (TPSA) is 52.0 Å². The van der Waals surface area contributed by atoms with Crippen molar-refractivity contribution in [3.63, 3.8) is 0 Å². The Morgan fingerprint density at radius 3 is 2.75 bits per heavy atom. The van der Waals surface area contributed by atoms with E-state index >= 15 is 0 Å². The van der Waals surface area contributed by atoms with E-state index in [0.29, 0.717) is 13.1 Å². The van der Waals surface area contributed by atoms with Crippen LogP contribution in [0.15, 0.2) is 12.1 Å². The van der Waals surface area contributed by atoms with Crippen molar-refractivity contribution in [1.29, 1.82) is 5.26 Å². The first kappa shape index (κ1) is 14.6. The second-order valence-electron chi connectivity index (χ2n) is 4.61. The SMILES string of the molecule is CCN(c1nc(C(F)(F)F)ccc1C#N)C1CCNC1. The van der Waals surface area contributed by atoms with Gasteiger partial charge in [0.2, 0.25) is 0 Å².